The zero-order chi connectivity index (χ0) is 16.0. The second kappa shape index (κ2) is 7.62. The Morgan fingerprint density at radius 2 is 1.57 bits per heavy atom. The molecular formula is C17H22O4. The van der Waals surface area contributed by atoms with Gasteiger partial charge in [-0.3, -0.25) is 0 Å². The third kappa shape index (κ3) is 3.94. The van der Waals surface area contributed by atoms with Crippen LogP contribution in [0.25, 0.3) is 5.57 Å². The molecule has 0 saturated carbocycles. The molecule has 0 aliphatic carbocycles. The Balaban J connectivity index is 3.60. The van der Waals surface area contributed by atoms with E-state index in [1.54, 1.807) is 0 Å². The van der Waals surface area contributed by atoms with Gasteiger partial charge in [0.15, 0.2) is 0 Å². The molecule has 0 fully saturated rings. The fourth-order valence-electron chi connectivity index (χ4n) is 2.37. The lowest BCUT2D eigenvalue weighted by atomic mass is 9.89. The first-order chi connectivity index (χ1) is 9.98. The number of carbonyl (C=O) groups is 2. The highest BCUT2D eigenvalue weighted by Crippen LogP contribution is 2.27. The normalized spacial score (nSPS) is 11.2. The number of ether oxygens (including phenoxy) is 2. The van der Waals surface area contributed by atoms with Crippen molar-refractivity contribution in [2.45, 2.75) is 33.6 Å². The van der Waals surface area contributed by atoms with Crippen molar-refractivity contribution in [2.24, 2.45) is 0 Å². The van der Waals surface area contributed by atoms with Crippen molar-refractivity contribution in [3.8, 4) is 0 Å². The smallest absolute Gasteiger partial charge is 0.338 e. The minimum absolute atomic E-state index is 0.248. The maximum Gasteiger partial charge on any atom is 0.338 e. The third-order valence-electron chi connectivity index (χ3n) is 3.35. The van der Waals surface area contributed by atoms with E-state index in [0.717, 1.165) is 35.1 Å². The molecular weight excluding hydrogens is 268 g/mol. The summed E-state index contributed by atoms with van der Waals surface area (Å²) in [5.74, 6) is -1.10. The molecule has 0 saturated heterocycles. The summed E-state index contributed by atoms with van der Waals surface area (Å²) < 4.78 is 9.47. The van der Waals surface area contributed by atoms with Crippen LogP contribution >= 0.6 is 0 Å². The number of esters is 2. The SMILES string of the molecule is CCc1cc(C)cc(CC)c1/C(=C/C(=O)OC)C(=O)OC. The van der Waals surface area contributed by atoms with Crippen LogP contribution in [0.4, 0.5) is 0 Å². The number of carbonyl (C=O) groups excluding carboxylic acids is 2. The van der Waals surface area contributed by atoms with Crippen LogP contribution in [0, 0.1) is 6.92 Å². The first-order valence-corrected chi connectivity index (χ1v) is 6.99. The molecule has 0 aliphatic rings. The van der Waals surface area contributed by atoms with E-state index in [0.29, 0.717) is 0 Å². The van der Waals surface area contributed by atoms with Gasteiger partial charge in [0.1, 0.15) is 0 Å². The zero-order valence-electron chi connectivity index (χ0n) is 13.3. The number of aryl methyl sites for hydroxylation is 3. The van der Waals surface area contributed by atoms with Crippen molar-refractivity contribution in [1.82, 2.24) is 0 Å². The molecule has 1 rings (SSSR count). The molecule has 0 radical (unpaired) electrons. The fourth-order valence-corrected chi connectivity index (χ4v) is 2.37. The molecule has 1 aromatic rings. The van der Waals surface area contributed by atoms with Gasteiger partial charge < -0.3 is 9.47 Å². The summed E-state index contributed by atoms with van der Waals surface area (Å²) in [5, 5.41) is 0. The summed E-state index contributed by atoms with van der Waals surface area (Å²) in [4.78, 5) is 23.7. The van der Waals surface area contributed by atoms with Gasteiger partial charge >= 0.3 is 11.9 Å². The highest BCUT2D eigenvalue weighted by Gasteiger charge is 2.20. The average Bonchev–Trinajstić information content (AvgIpc) is 2.50. The summed E-state index contributed by atoms with van der Waals surface area (Å²) in [5.41, 5.74) is 4.20. The molecule has 0 spiro atoms. The Hall–Kier alpha value is -2.10. The number of methoxy groups -OCH3 is 2. The van der Waals surface area contributed by atoms with E-state index < -0.39 is 11.9 Å². The van der Waals surface area contributed by atoms with E-state index in [4.69, 9.17) is 4.74 Å². The summed E-state index contributed by atoms with van der Waals surface area (Å²) in [6, 6.07) is 4.06. The van der Waals surface area contributed by atoms with Crippen LogP contribution in [0.15, 0.2) is 18.2 Å². The zero-order valence-corrected chi connectivity index (χ0v) is 13.3. The number of hydrogen-bond donors (Lipinski definition) is 0. The van der Waals surface area contributed by atoms with Crippen LogP contribution in [0.3, 0.4) is 0 Å². The molecule has 0 amide bonds. The molecule has 4 heteroatoms. The van der Waals surface area contributed by atoms with E-state index in [1.165, 1.54) is 20.3 Å². The Morgan fingerprint density at radius 3 is 1.95 bits per heavy atom. The maximum absolute atomic E-state index is 12.1. The predicted octanol–water partition coefficient (Wildman–Crippen LogP) is 2.85. The summed E-state index contributed by atoms with van der Waals surface area (Å²) in [6.07, 6.45) is 2.73. The standard InChI is InChI=1S/C17H22O4/c1-6-12-8-11(3)9-13(7-2)16(12)14(17(19)21-5)10-15(18)20-4/h8-10H,6-7H2,1-5H3/b14-10-. The van der Waals surface area contributed by atoms with Gasteiger partial charge in [0, 0.05) is 6.08 Å². The van der Waals surface area contributed by atoms with Crippen LogP contribution in [-0.2, 0) is 31.9 Å². The van der Waals surface area contributed by atoms with E-state index >= 15 is 0 Å². The topological polar surface area (TPSA) is 52.6 Å². The molecule has 0 aromatic heterocycles. The minimum Gasteiger partial charge on any atom is -0.466 e. The molecule has 0 aliphatic heterocycles. The quantitative estimate of drug-likeness (QED) is 0.618. The second-order valence-corrected chi connectivity index (χ2v) is 4.74. The Kier molecular flexibility index (Phi) is 6.15. The molecule has 0 heterocycles. The summed E-state index contributed by atoms with van der Waals surface area (Å²) in [7, 11) is 2.59. The molecule has 0 N–H and O–H groups in total. The lowest BCUT2D eigenvalue weighted by Crippen LogP contribution is -2.11. The van der Waals surface area contributed by atoms with Gasteiger partial charge in [-0.25, -0.2) is 9.59 Å². The van der Waals surface area contributed by atoms with Crippen molar-refractivity contribution < 1.29 is 19.1 Å². The van der Waals surface area contributed by atoms with Crippen LogP contribution in [0.1, 0.15) is 36.1 Å². The number of benzene rings is 1. The minimum atomic E-state index is -0.569. The molecule has 0 bridgehead atoms. The monoisotopic (exact) mass is 290 g/mol. The average molecular weight is 290 g/mol. The van der Waals surface area contributed by atoms with Crippen molar-refractivity contribution >= 4 is 17.5 Å². The van der Waals surface area contributed by atoms with Crippen LogP contribution in [0.2, 0.25) is 0 Å². The van der Waals surface area contributed by atoms with Gasteiger partial charge in [0.25, 0.3) is 0 Å². The molecule has 1 aromatic carbocycles. The highest BCUT2D eigenvalue weighted by molar-refractivity contribution is 6.21. The molecule has 0 atom stereocenters. The molecule has 0 unspecified atom stereocenters. The Morgan fingerprint density at radius 1 is 1.05 bits per heavy atom. The lowest BCUT2D eigenvalue weighted by Gasteiger charge is -2.16. The summed E-state index contributed by atoms with van der Waals surface area (Å²) in [6.45, 7) is 6.06. The van der Waals surface area contributed by atoms with Gasteiger partial charge in [0.2, 0.25) is 0 Å². The van der Waals surface area contributed by atoms with Crippen LogP contribution in [-0.4, -0.2) is 26.2 Å². The highest BCUT2D eigenvalue weighted by atomic mass is 16.5. The third-order valence-corrected chi connectivity index (χ3v) is 3.35. The van der Waals surface area contributed by atoms with Gasteiger partial charge in [-0.05, 0) is 36.5 Å². The summed E-state index contributed by atoms with van der Waals surface area (Å²) >= 11 is 0. The van der Waals surface area contributed by atoms with E-state index in [1.807, 2.05) is 32.9 Å². The van der Waals surface area contributed by atoms with Gasteiger partial charge in [-0.2, -0.15) is 0 Å². The number of hydrogen-bond acceptors (Lipinski definition) is 4. The molecule has 4 nitrogen and oxygen atoms in total. The molecule has 114 valence electrons. The van der Waals surface area contributed by atoms with Crippen LogP contribution in [0.5, 0.6) is 0 Å². The van der Waals surface area contributed by atoms with Crippen molar-refractivity contribution in [1.29, 1.82) is 0 Å². The van der Waals surface area contributed by atoms with Gasteiger partial charge in [-0.15, -0.1) is 0 Å². The number of rotatable bonds is 5. The Bertz CT molecular complexity index is 545. The van der Waals surface area contributed by atoms with E-state index in [9.17, 15) is 9.59 Å². The van der Waals surface area contributed by atoms with E-state index in [-0.39, 0.29) is 5.57 Å². The second-order valence-electron chi connectivity index (χ2n) is 4.74. The van der Waals surface area contributed by atoms with Gasteiger partial charge in [0.05, 0.1) is 19.8 Å². The van der Waals surface area contributed by atoms with Gasteiger partial charge in [-0.1, -0.05) is 31.5 Å². The first kappa shape index (κ1) is 17.0. The molecule has 21 heavy (non-hydrogen) atoms. The maximum atomic E-state index is 12.1. The Labute approximate surface area is 125 Å². The largest absolute Gasteiger partial charge is 0.466 e. The van der Waals surface area contributed by atoms with Crippen molar-refractivity contribution in [3.63, 3.8) is 0 Å². The van der Waals surface area contributed by atoms with E-state index in [2.05, 4.69) is 4.74 Å². The first-order valence-electron chi connectivity index (χ1n) is 6.99. The van der Waals surface area contributed by atoms with Crippen molar-refractivity contribution in [2.75, 3.05) is 14.2 Å². The van der Waals surface area contributed by atoms with Crippen molar-refractivity contribution in [3.05, 3.63) is 40.5 Å². The fraction of sp³-hybridized carbons (Fsp3) is 0.412. The van der Waals surface area contributed by atoms with Crippen LogP contribution < -0.4 is 0 Å². The lowest BCUT2D eigenvalue weighted by molar-refractivity contribution is -0.136. The predicted molar refractivity (Wildman–Crippen MR) is 81.9 cm³/mol.